The van der Waals surface area contributed by atoms with Crippen molar-refractivity contribution in [1.29, 1.82) is 0 Å². The third kappa shape index (κ3) is 6.29. The van der Waals surface area contributed by atoms with Gasteiger partial charge in [-0.05, 0) is 43.5 Å². The van der Waals surface area contributed by atoms with Crippen molar-refractivity contribution in [2.75, 3.05) is 57.7 Å². The highest BCUT2D eigenvalue weighted by Gasteiger charge is 2.23. The predicted molar refractivity (Wildman–Crippen MR) is 115 cm³/mol. The number of amides is 2. The Morgan fingerprint density at radius 2 is 1.54 bits per heavy atom. The zero-order valence-electron chi connectivity index (χ0n) is 16.8. The summed E-state index contributed by atoms with van der Waals surface area (Å²) in [5.41, 5.74) is 1.92. The zero-order valence-corrected chi connectivity index (χ0v) is 18.3. The number of piperazine rings is 1. The molecule has 2 fully saturated rings. The van der Waals surface area contributed by atoms with Gasteiger partial charge >= 0.3 is 0 Å². The average molecular weight is 451 g/mol. The smallest absolute Gasteiger partial charge is 0.238 e. The van der Waals surface area contributed by atoms with Gasteiger partial charge in [-0.3, -0.25) is 19.4 Å². The Morgan fingerprint density at radius 3 is 2.14 bits per heavy atom. The summed E-state index contributed by atoms with van der Waals surface area (Å²) in [4.78, 5) is 31.3. The molecule has 0 aliphatic carbocycles. The van der Waals surface area contributed by atoms with Gasteiger partial charge in [-0.2, -0.15) is 0 Å². The number of carbonyl (C=O) groups is 2. The number of hydrogen-bond acceptors (Lipinski definition) is 4. The SMILES string of the molecule is Cc1cc(NC(=O)CN2CCN(CC(=O)N3CCCCCC3)CC2)ccc1Br. The molecular weight excluding hydrogens is 420 g/mol. The van der Waals surface area contributed by atoms with E-state index in [-0.39, 0.29) is 11.8 Å². The zero-order chi connectivity index (χ0) is 19.9. The van der Waals surface area contributed by atoms with Crippen molar-refractivity contribution in [1.82, 2.24) is 14.7 Å². The van der Waals surface area contributed by atoms with Gasteiger partial charge in [0.05, 0.1) is 13.1 Å². The van der Waals surface area contributed by atoms with E-state index in [4.69, 9.17) is 0 Å². The quantitative estimate of drug-likeness (QED) is 0.748. The molecule has 0 bridgehead atoms. The fourth-order valence-corrected chi connectivity index (χ4v) is 4.09. The van der Waals surface area contributed by atoms with Gasteiger partial charge in [0, 0.05) is 49.4 Å². The molecule has 2 saturated heterocycles. The monoisotopic (exact) mass is 450 g/mol. The molecule has 1 aromatic rings. The summed E-state index contributed by atoms with van der Waals surface area (Å²) in [6, 6.07) is 5.82. The standard InChI is InChI=1S/C21H31BrN4O2/c1-17-14-18(6-7-19(17)22)23-20(27)15-24-10-12-25(13-11-24)16-21(28)26-8-4-2-3-5-9-26/h6-7,14H,2-5,8-13,15-16H2,1H3,(H,23,27). The van der Waals surface area contributed by atoms with Crippen molar-refractivity contribution in [3.63, 3.8) is 0 Å². The van der Waals surface area contributed by atoms with Crippen molar-refractivity contribution >= 4 is 33.4 Å². The Hall–Kier alpha value is -1.44. The number of halogens is 1. The van der Waals surface area contributed by atoms with Crippen molar-refractivity contribution in [3.8, 4) is 0 Å². The average Bonchev–Trinajstić information content (AvgIpc) is 2.96. The number of likely N-dealkylation sites (tertiary alicyclic amines) is 1. The Kier molecular flexibility index (Phi) is 7.88. The van der Waals surface area contributed by atoms with Crippen LogP contribution >= 0.6 is 15.9 Å². The van der Waals surface area contributed by atoms with E-state index in [2.05, 4.69) is 31.0 Å². The topological polar surface area (TPSA) is 55.9 Å². The molecule has 2 amide bonds. The molecule has 2 aliphatic heterocycles. The van der Waals surface area contributed by atoms with Gasteiger partial charge in [0.25, 0.3) is 0 Å². The van der Waals surface area contributed by atoms with Crippen LogP contribution in [0.1, 0.15) is 31.2 Å². The lowest BCUT2D eigenvalue weighted by atomic mass is 10.2. The summed E-state index contributed by atoms with van der Waals surface area (Å²) >= 11 is 3.47. The molecule has 1 aromatic carbocycles. The van der Waals surface area contributed by atoms with Crippen LogP contribution in [0, 0.1) is 6.92 Å². The van der Waals surface area contributed by atoms with E-state index in [0.717, 1.165) is 67.8 Å². The van der Waals surface area contributed by atoms with Crippen LogP contribution in [0.2, 0.25) is 0 Å². The molecule has 0 spiro atoms. The van der Waals surface area contributed by atoms with Crippen LogP contribution in [0.15, 0.2) is 22.7 Å². The maximum absolute atomic E-state index is 12.5. The summed E-state index contributed by atoms with van der Waals surface area (Å²) in [5, 5.41) is 2.97. The summed E-state index contributed by atoms with van der Waals surface area (Å²) in [5.74, 6) is 0.273. The van der Waals surface area contributed by atoms with Crippen molar-refractivity contribution in [3.05, 3.63) is 28.2 Å². The van der Waals surface area contributed by atoms with Crippen LogP contribution in [0.25, 0.3) is 0 Å². The van der Waals surface area contributed by atoms with Gasteiger partial charge in [-0.15, -0.1) is 0 Å². The highest BCUT2D eigenvalue weighted by molar-refractivity contribution is 9.10. The molecule has 28 heavy (non-hydrogen) atoms. The van der Waals surface area contributed by atoms with Crippen molar-refractivity contribution in [2.24, 2.45) is 0 Å². The van der Waals surface area contributed by atoms with E-state index in [9.17, 15) is 9.59 Å². The van der Waals surface area contributed by atoms with E-state index in [1.165, 1.54) is 12.8 Å². The third-order valence-corrected chi connectivity index (χ3v) is 6.48. The first-order chi connectivity index (χ1) is 13.5. The Morgan fingerprint density at radius 1 is 0.929 bits per heavy atom. The molecule has 0 atom stereocenters. The highest BCUT2D eigenvalue weighted by Crippen LogP contribution is 2.20. The first-order valence-electron chi connectivity index (χ1n) is 10.3. The Labute approximate surface area is 176 Å². The first-order valence-corrected chi connectivity index (χ1v) is 11.1. The van der Waals surface area contributed by atoms with Crippen LogP contribution in [0.5, 0.6) is 0 Å². The van der Waals surface area contributed by atoms with Gasteiger partial charge in [0.15, 0.2) is 0 Å². The molecule has 0 saturated carbocycles. The molecule has 2 heterocycles. The van der Waals surface area contributed by atoms with E-state index in [1.54, 1.807) is 0 Å². The maximum atomic E-state index is 12.5. The number of hydrogen-bond donors (Lipinski definition) is 1. The number of nitrogens with zero attached hydrogens (tertiary/aromatic N) is 3. The number of aryl methyl sites for hydroxylation is 1. The maximum Gasteiger partial charge on any atom is 0.238 e. The third-order valence-electron chi connectivity index (χ3n) is 5.59. The molecule has 1 N–H and O–H groups in total. The van der Waals surface area contributed by atoms with E-state index >= 15 is 0 Å². The van der Waals surface area contributed by atoms with Gasteiger partial charge in [0.1, 0.15) is 0 Å². The van der Waals surface area contributed by atoms with Crippen LogP contribution in [-0.4, -0.2) is 78.9 Å². The summed E-state index contributed by atoms with van der Waals surface area (Å²) in [7, 11) is 0. The van der Waals surface area contributed by atoms with Gasteiger partial charge in [-0.1, -0.05) is 28.8 Å². The Balaban J connectivity index is 1.39. The number of rotatable bonds is 5. The van der Waals surface area contributed by atoms with Crippen LogP contribution in [0.4, 0.5) is 5.69 Å². The summed E-state index contributed by atoms with van der Waals surface area (Å²) in [6.45, 7) is 8.05. The number of benzene rings is 1. The molecule has 6 nitrogen and oxygen atoms in total. The lowest BCUT2D eigenvalue weighted by molar-refractivity contribution is -0.133. The molecule has 0 aromatic heterocycles. The van der Waals surface area contributed by atoms with Crippen LogP contribution < -0.4 is 5.32 Å². The minimum absolute atomic E-state index is 0.0100. The predicted octanol–water partition coefficient (Wildman–Crippen LogP) is 2.72. The second kappa shape index (κ2) is 10.4. The molecule has 0 unspecified atom stereocenters. The highest BCUT2D eigenvalue weighted by atomic mass is 79.9. The minimum Gasteiger partial charge on any atom is -0.342 e. The molecule has 7 heteroatoms. The van der Waals surface area contributed by atoms with E-state index in [1.807, 2.05) is 30.0 Å². The fourth-order valence-electron chi connectivity index (χ4n) is 3.84. The Bertz CT molecular complexity index is 681. The second-order valence-corrected chi connectivity index (χ2v) is 8.71. The van der Waals surface area contributed by atoms with Gasteiger partial charge < -0.3 is 10.2 Å². The molecule has 3 rings (SSSR count). The molecule has 2 aliphatic rings. The first kappa shape index (κ1) is 21.3. The number of carbonyl (C=O) groups excluding carboxylic acids is 2. The van der Waals surface area contributed by atoms with E-state index in [0.29, 0.717) is 13.1 Å². The lowest BCUT2D eigenvalue weighted by Crippen LogP contribution is -2.51. The largest absolute Gasteiger partial charge is 0.342 e. The normalized spacial score (nSPS) is 19.3. The molecule has 0 radical (unpaired) electrons. The van der Waals surface area contributed by atoms with E-state index < -0.39 is 0 Å². The lowest BCUT2D eigenvalue weighted by Gasteiger charge is -2.35. The van der Waals surface area contributed by atoms with Crippen molar-refractivity contribution in [2.45, 2.75) is 32.6 Å². The van der Waals surface area contributed by atoms with Crippen LogP contribution in [0.3, 0.4) is 0 Å². The number of anilines is 1. The molecular formula is C21H31BrN4O2. The minimum atomic E-state index is 0.0100. The summed E-state index contributed by atoms with van der Waals surface area (Å²) in [6.07, 6.45) is 4.74. The molecule has 154 valence electrons. The van der Waals surface area contributed by atoms with Crippen LogP contribution in [-0.2, 0) is 9.59 Å². The van der Waals surface area contributed by atoms with Gasteiger partial charge in [0.2, 0.25) is 11.8 Å². The fraction of sp³-hybridized carbons (Fsp3) is 0.619. The summed E-state index contributed by atoms with van der Waals surface area (Å²) < 4.78 is 1.04. The van der Waals surface area contributed by atoms with Gasteiger partial charge in [-0.25, -0.2) is 0 Å². The van der Waals surface area contributed by atoms with Crippen molar-refractivity contribution < 1.29 is 9.59 Å². The number of nitrogens with one attached hydrogen (secondary N) is 1. The second-order valence-electron chi connectivity index (χ2n) is 7.86.